The Morgan fingerprint density at radius 2 is 2.14 bits per heavy atom. The predicted octanol–water partition coefficient (Wildman–Crippen LogP) is 3.05. The molecule has 1 fully saturated rings. The van der Waals surface area contributed by atoms with Crippen molar-refractivity contribution in [1.29, 1.82) is 0 Å². The van der Waals surface area contributed by atoms with Crippen LogP contribution in [-0.4, -0.2) is 31.7 Å². The molecule has 114 valence electrons. The second-order valence-corrected chi connectivity index (χ2v) is 5.84. The molecule has 0 radical (unpaired) electrons. The van der Waals surface area contributed by atoms with Crippen LogP contribution >= 0.6 is 15.9 Å². The molecule has 1 heterocycles. The van der Waals surface area contributed by atoms with Gasteiger partial charge in [-0.1, -0.05) is 0 Å². The quantitative estimate of drug-likeness (QED) is 0.846. The van der Waals surface area contributed by atoms with Gasteiger partial charge in [0.1, 0.15) is 6.10 Å². The number of methoxy groups -OCH3 is 1. The third-order valence-electron chi connectivity index (χ3n) is 3.45. The summed E-state index contributed by atoms with van der Waals surface area (Å²) in [5.74, 6) is -0.623. The average Bonchev–Trinajstić information content (AvgIpc) is 2.50. The van der Waals surface area contributed by atoms with Crippen molar-refractivity contribution in [2.24, 2.45) is 0 Å². The number of benzene rings is 1. The van der Waals surface area contributed by atoms with Gasteiger partial charge in [-0.2, -0.15) is 0 Å². The van der Waals surface area contributed by atoms with Gasteiger partial charge >= 0.3 is 5.97 Å². The monoisotopic (exact) mass is 355 g/mol. The summed E-state index contributed by atoms with van der Waals surface area (Å²) in [5.41, 5.74) is 1.83. The van der Waals surface area contributed by atoms with Crippen LogP contribution in [0.5, 0.6) is 0 Å². The highest BCUT2D eigenvalue weighted by molar-refractivity contribution is 9.10. The van der Waals surface area contributed by atoms with Crippen molar-refractivity contribution < 1.29 is 19.1 Å². The van der Waals surface area contributed by atoms with E-state index in [0.29, 0.717) is 22.3 Å². The minimum Gasteiger partial charge on any atom is -0.465 e. The zero-order valence-corrected chi connectivity index (χ0v) is 13.7. The maximum Gasteiger partial charge on any atom is 0.339 e. The van der Waals surface area contributed by atoms with Crippen molar-refractivity contribution in [2.45, 2.75) is 32.3 Å². The zero-order chi connectivity index (χ0) is 15.4. The van der Waals surface area contributed by atoms with Crippen molar-refractivity contribution in [1.82, 2.24) is 0 Å². The minimum absolute atomic E-state index is 0.170. The number of nitrogens with one attached hydrogen (secondary N) is 1. The maximum atomic E-state index is 12.2. The number of rotatable bonds is 3. The number of carbonyl (C=O) groups is 2. The van der Waals surface area contributed by atoms with E-state index in [4.69, 9.17) is 9.47 Å². The van der Waals surface area contributed by atoms with E-state index in [9.17, 15) is 9.59 Å². The molecule has 0 bridgehead atoms. The number of anilines is 1. The van der Waals surface area contributed by atoms with E-state index in [-0.39, 0.29) is 5.91 Å². The lowest BCUT2D eigenvalue weighted by molar-refractivity contribution is -0.129. The molecule has 2 rings (SSSR count). The van der Waals surface area contributed by atoms with Gasteiger partial charge in [-0.3, -0.25) is 4.79 Å². The van der Waals surface area contributed by atoms with Crippen LogP contribution < -0.4 is 5.32 Å². The van der Waals surface area contributed by atoms with E-state index in [1.807, 2.05) is 6.92 Å². The van der Waals surface area contributed by atoms with Crippen molar-refractivity contribution in [2.75, 3.05) is 19.0 Å². The van der Waals surface area contributed by atoms with Crippen LogP contribution in [0.25, 0.3) is 0 Å². The Morgan fingerprint density at radius 1 is 1.38 bits per heavy atom. The molecule has 1 aromatic rings. The largest absolute Gasteiger partial charge is 0.465 e. The second kappa shape index (κ2) is 7.04. The third-order valence-corrected chi connectivity index (χ3v) is 4.11. The predicted molar refractivity (Wildman–Crippen MR) is 82.4 cm³/mol. The molecule has 1 aromatic carbocycles. The lowest BCUT2D eigenvalue weighted by atomic mass is 10.1. The molecule has 1 N–H and O–H groups in total. The summed E-state index contributed by atoms with van der Waals surface area (Å²) >= 11 is 3.33. The number of hydrogen-bond acceptors (Lipinski definition) is 4. The number of esters is 1. The number of hydrogen-bond donors (Lipinski definition) is 1. The van der Waals surface area contributed by atoms with Crippen LogP contribution in [0.15, 0.2) is 16.6 Å². The first-order valence-electron chi connectivity index (χ1n) is 6.84. The van der Waals surface area contributed by atoms with Gasteiger partial charge in [-0.15, -0.1) is 0 Å². The average molecular weight is 356 g/mol. The highest BCUT2D eigenvalue weighted by Gasteiger charge is 2.23. The smallest absolute Gasteiger partial charge is 0.339 e. The molecule has 5 nitrogen and oxygen atoms in total. The van der Waals surface area contributed by atoms with Gasteiger partial charge in [0, 0.05) is 16.8 Å². The lowest BCUT2D eigenvalue weighted by Gasteiger charge is -2.22. The summed E-state index contributed by atoms with van der Waals surface area (Å²) in [7, 11) is 1.32. The van der Waals surface area contributed by atoms with Gasteiger partial charge in [0.25, 0.3) is 5.91 Å². The van der Waals surface area contributed by atoms with E-state index in [2.05, 4.69) is 21.2 Å². The molecule has 6 heteroatoms. The van der Waals surface area contributed by atoms with Gasteiger partial charge in [0.05, 0.1) is 12.7 Å². The third kappa shape index (κ3) is 3.83. The number of ether oxygens (including phenoxy) is 2. The highest BCUT2D eigenvalue weighted by atomic mass is 79.9. The first-order chi connectivity index (χ1) is 10.0. The van der Waals surface area contributed by atoms with E-state index < -0.39 is 12.1 Å². The summed E-state index contributed by atoms with van der Waals surface area (Å²) in [6.07, 6.45) is 2.30. The molecule has 0 aliphatic carbocycles. The number of carbonyl (C=O) groups excluding carboxylic acids is 2. The van der Waals surface area contributed by atoms with E-state index in [1.165, 1.54) is 7.11 Å². The van der Waals surface area contributed by atoms with E-state index in [1.54, 1.807) is 12.1 Å². The molecule has 1 unspecified atom stereocenters. The summed E-state index contributed by atoms with van der Waals surface area (Å²) in [6, 6.07) is 3.40. The summed E-state index contributed by atoms with van der Waals surface area (Å²) < 4.78 is 10.8. The number of amides is 1. The fourth-order valence-electron chi connectivity index (χ4n) is 2.23. The first-order valence-corrected chi connectivity index (χ1v) is 7.63. The zero-order valence-electron chi connectivity index (χ0n) is 12.1. The molecule has 1 aliphatic heterocycles. The summed E-state index contributed by atoms with van der Waals surface area (Å²) in [5, 5.41) is 2.83. The molecule has 1 atom stereocenters. The normalized spacial score (nSPS) is 18.1. The lowest BCUT2D eigenvalue weighted by Crippen LogP contribution is -2.33. The fourth-order valence-corrected chi connectivity index (χ4v) is 2.85. The topological polar surface area (TPSA) is 64.6 Å². The molecule has 0 spiro atoms. The van der Waals surface area contributed by atoms with Crippen molar-refractivity contribution in [3.05, 3.63) is 27.7 Å². The molecule has 1 saturated heterocycles. The number of halogens is 1. The molecule has 0 saturated carbocycles. The Hall–Kier alpha value is -1.40. The van der Waals surface area contributed by atoms with Crippen molar-refractivity contribution >= 4 is 33.5 Å². The van der Waals surface area contributed by atoms with Gasteiger partial charge in [0.15, 0.2) is 0 Å². The van der Waals surface area contributed by atoms with Crippen molar-refractivity contribution in [3.63, 3.8) is 0 Å². The number of aryl methyl sites for hydroxylation is 1. The van der Waals surface area contributed by atoms with Crippen LogP contribution in [0.3, 0.4) is 0 Å². The van der Waals surface area contributed by atoms with Crippen LogP contribution in [-0.2, 0) is 14.3 Å². The summed E-state index contributed by atoms with van der Waals surface area (Å²) in [6.45, 7) is 2.48. The van der Waals surface area contributed by atoms with Crippen LogP contribution in [0.2, 0.25) is 0 Å². The molecule has 0 aromatic heterocycles. The Labute approximate surface area is 132 Å². The van der Waals surface area contributed by atoms with Crippen LogP contribution in [0.4, 0.5) is 5.69 Å². The SMILES string of the molecule is COC(=O)c1cc(NC(=O)C2CCCCO2)c(C)cc1Br. The van der Waals surface area contributed by atoms with Gasteiger partial charge < -0.3 is 14.8 Å². The Bertz CT molecular complexity index is 553. The van der Waals surface area contributed by atoms with Gasteiger partial charge in [-0.25, -0.2) is 4.79 Å². The van der Waals surface area contributed by atoms with E-state index in [0.717, 1.165) is 24.8 Å². The van der Waals surface area contributed by atoms with Gasteiger partial charge in [0.2, 0.25) is 0 Å². The standard InChI is InChI=1S/C15H18BrNO4/c1-9-7-11(16)10(15(19)20-2)8-12(9)17-14(18)13-5-3-4-6-21-13/h7-8,13H,3-6H2,1-2H3,(H,17,18). The molecule has 21 heavy (non-hydrogen) atoms. The Kier molecular flexibility index (Phi) is 5.36. The van der Waals surface area contributed by atoms with Crippen molar-refractivity contribution in [3.8, 4) is 0 Å². The first kappa shape index (κ1) is 16.0. The molecule has 1 amide bonds. The summed E-state index contributed by atoms with van der Waals surface area (Å²) in [4.78, 5) is 23.9. The second-order valence-electron chi connectivity index (χ2n) is 4.98. The molecular weight excluding hydrogens is 338 g/mol. The Morgan fingerprint density at radius 3 is 2.76 bits per heavy atom. The van der Waals surface area contributed by atoms with Gasteiger partial charge in [-0.05, 0) is 59.8 Å². The molecular formula is C15H18BrNO4. The maximum absolute atomic E-state index is 12.2. The fraction of sp³-hybridized carbons (Fsp3) is 0.467. The minimum atomic E-state index is -0.453. The van der Waals surface area contributed by atoms with Crippen LogP contribution in [0.1, 0.15) is 35.2 Å². The van der Waals surface area contributed by atoms with Crippen LogP contribution in [0, 0.1) is 6.92 Å². The molecule has 1 aliphatic rings. The highest BCUT2D eigenvalue weighted by Crippen LogP contribution is 2.26. The van der Waals surface area contributed by atoms with E-state index >= 15 is 0 Å². The Balaban J connectivity index is 2.18.